The number of hydrogen-bond donors (Lipinski definition) is 1. The van der Waals surface area contributed by atoms with Crippen LogP contribution in [0.1, 0.15) is 24.0 Å². The minimum absolute atomic E-state index is 0.232. The van der Waals surface area contributed by atoms with E-state index < -0.39 is 21.9 Å². The van der Waals surface area contributed by atoms with Crippen molar-refractivity contribution in [2.75, 3.05) is 6.54 Å². The maximum atomic E-state index is 13.4. The summed E-state index contributed by atoms with van der Waals surface area (Å²) in [6.45, 7) is 2.53. The van der Waals surface area contributed by atoms with Gasteiger partial charge < -0.3 is 9.73 Å². The van der Waals surface area contributed by atoms with Gasteiger partial charge in [-0.2, -0.15) is 4.31 Å². The molecule has 29 heavy (non-hydrogen) atoms. The molecule has 1 fully saturated rings. The van der Waals surface area contributed by atoms with Gasteiger partial charge in [-0.05, 0) is 43.5 Å². The summed E-state index contributed by atoms with van der Waals surface area (Å²) in [4.78, 5) is 12.7. The standard InChI is InChI=1S/C21H21FN2O4S/c1-14-4-2-5-15(10-14)13-23-21(25)18-6-3-9-24(18)29(26,27)20-12-16-11-17(22)7-8-19(16)28-20/h2,4-5,7-8,10-12,18H,3,6,9,13H2,1H3,(H,23,25)/t18-/m0/s1. The molecular weight excluding hydrogens is 395 g/mol. The third kappa shape index (κ3) is 3.90. The summed E-state index contributed by atoms with van der Waals surface area (Å²) in [5.74, 6) is -0.813. The number of carbonyl (C=O) groups excluding carboxylic acids is 1. The van der Waals surface area contributed by atoms with E-state index in [0.29, 0.717) is 24.8 Å². The van der Waals surface area contributed by atoms with Gasteiger partial charge in [-0.1, -0.05) is 29.8 Å². The quantitative estimate of drug-likeness (QED) is 0.692. The molecule has 0 radical (unpaired) electrons. The maximum Gasteiger partial charge on any atom is 0.277 e. The van der Waals surface area contributed by atoms with Gasteiger partial charge in [0.2, 0.25) is 11.0 Å². The van der Waals surface area contributed by atoms with Gasteiger partial charge in [0.05, 0.1) is 0 Å². The summed E-state index contributed by atoms with van der Waals surface area (Å²) in [5.41, 5.74) is 2.32. The van der Waals surface area contributed by atoms with Crippen molar-refractivity contribution >= 4 is 26.9 Å². The third-order valence-electron chi connectivity index (χ3n) is 5.07. The first-order chi connectivity index (χ1) is 13.8. The Morgan fingerprint density at radius 3 is 2.86 bits per heavy atom. The average molecular weight is 416 g/mol. The van der Waals surface area contributed by atoms with Crippen LogP contribution in [0, 0.1) is 12.7 Å². The Kier molecular flexibility index (Phi) is 5.14. The predicted octanol–water partition coefficient (Wildman–Crippen LogP) is 3.35. The minimum Gasteiger partial charge on any atom is -0.443 e. The largest absolute Gasteiger partial charge is 0.443 e. The van der Waals surface area contributed by atoms with E-state index in [1.54, 1.807) is 0 Å². The maximum absolute atomic E-state index is 13.4. The SMILES string of the molecule is Cc1cccc(CNC(=O)[C@@H]2CCCN2S(=O)(=O)c2cc3cc(F)ccc3o2)c1. The number of aryl methyl sites for hydroxylation is 1. The van der Waals surface area contributed by atoms with Crippen LogP contribution in [0.3, 0.4) is 0 Å². The molecule has 1 saturated heterocycles. The Hall–Kier alpha value is -2.71. The van der Waals surface area contributed by atoms with E-state index in [1.807, 2.05) is 31.2 Å². The lowest BCUT2D eigenvalue weighted by molar-refractivity contribution is -0.124. The molecule has 0 bridgehead atoms. The molecule has 0 unspecified atom stereocenters. The Bertz CT molecular complexity index is 1170. The van der Waals surface area contributed by atoms with Crippen molar-refractivity contribution in [1.82, 2.24) is 9.62 Å². The first-order valence-corrected chi connectivity index (χ1v) is 10.8. The number of fused-ring (bicyclic) bond motifs is 1. The molecule has 1 amide bonds. The molecule has 0 spiro atoms. The molecule has 1 aromatic heterocycles. The van der Waals surface area contributed by atoms with Gasteiger partial charge in [-0.3, -0.25) is 4.79 Å². The van der Waals surface area contributed by atoms with E-state index in [2.05, 4.69) is 5.32 Å². The summed E-state index contributed by atoms with van der Waals surface area (Å²) in [6, 6.07) is 12.1. The van der Waals surface area contributed by atoms with Crippen LogP contribution in [0.4, 0.5) is 4.39 Å². The van der Waals surface area contributed by atoms with Crippen molar-refractivity contribution in [3.8, 4) is 0 Å². The highest BCUT2D eigenvalue weighted by Gasteiger charge is 2.41. The van der Waals surface area contributed by atoms with Crippen LogP contribution in [0.2, 0.25) is 0 Å². The molecule has 2 aromatic carbocycles. The summed E-state index contributed by atoms with van der Waals surface area (Å²) in [6.07, 6.45) is 1.02. The molecule has 1 N–H and O–H groups in total. The number of sulfonamides is 1. The van der Waals surface area contributed by atoms with Crippen LogP contribution in [0.15, 0.2) is 58.0 Å². The van der Waals surface area contributed by atoms with E-state index in [-0.39, 0.29) is 23.1 Å². The number of nitrogens with zero attached hydrogens (tertiary/aromatic N) is 1. The minimum atomic E-state index is -4.01. The molecule has 1 aliphatic rings. The lowest BCUT2D eigenvalue weighted by Gasteiger charge is -2.22. The lowest BCUT2D eigenvalue weighted by Crippen LogP contribution is -2.45. The van der Waals surface area contributed by atoms with Crippen LogP contribution < -0.4 is 5.32 Å². The van der Waals surface area contributed by atoms with Crippen LogP contribution in [-0.2, 0) is 21.4 Å². The molecule has 0 saturated carbocycles. The van der Waals surface area contributed by atoms with Gasteiger partial charge >= 0.3 is 0 Å². The fourth-order valence-electron chi connectivity index (χ4n) is 3.65. The van der Waals surface area contributed by atoms with E-state index in [1.165, 1.54) is 28.6 Å². The third-order valence-corrected chi connectivity index (χ3v) is 6.84. The molecule has 4 rings (SSSR count). The Morgan fingerprint density at radius 1 is 1.24 bits per heavy atom. The van der Waals surface area contributed by atoms with E-state index in [0.717, 1.165) is 11.1 Å². The van der Waals surface area contributed by atoms with Crippen molar-refractivity contribution < 1.29 is 22.0 Å². The van der Waals surface area contributed by atoms with Crippen molar-refractivity contribution in [2.24, 2.45) is 0 Å². The zero-order valence-corrected chi connectivity index (χ0v) is 16.7. The van der Waals surface area contributed by atoms with Gasteiger partial charge in [-0.15, -0.1) is 0 Å². The smallest absolute Gasteiger partial charge is 0.277 e. The number of furan rings is 1. The molecule has 152 valence electrons. The van der Waals surface area contributed by atoms with Gasteiger partial charge in [0.15, 0.2) is 0 Å². The van der Waals surface area contributed by atoms with Crippen LogP contribution in [0.25, 0.3) is 11.0 Å². The van der Waals surface area contributed by atoms with Gasteiger partial charge in [0.25, 0.3) is 10.0 Å². The van der Waals surface area contributed by atoms with Crippen molar-refractivity contribution in [3.05, 3.63) is 65.5 Å². The van der Waals surface area contributed by atoms with Crippen LogP contribution >= 0.6 is 0 Å². The molecule has 1 atom stereocenters. The Morgan fingerprint density at radius 2 is 2.07 bits per heavy atom. The first-order valence-electron chi connectivity index (χ1n) is 9.39. The second-order valence-corrected chi connectivity index (χ2v) is 9.05. The van der Waals surface area contributed by atoms with Crippen molar-refractivity contribution in [2.45, 2.75) is 37.4 Å². The number of amides is 1. The molecule has 1 aliphatic heterocycles. The monoisotopic (exact) mass is 416 g/mol. The summed E-state index contributed by atoms with van der Waals surface area (Å²) in [5, 5.41) is 2.91. The molecule has 6 nitrogen and oxygen atoms in total. The molecule has 0 aliphatic carbocycles. The van der Waals surface area contributed by atoms with Gasteiger partial charge in [-0.25, -0.2) is 12.8 Å². The normalized spacial score (nSPS) is 17.7. The highest BCUT2D eigenvalue weighted by molar-refractivity contribution is 7.89. The topological polar surface area (TPSA) is 79.6 Å². The summed E-state index contributed by atoms with van der Waals surface area (Å²) < 4.78 is 46.2. The molecule has 3 aromatic rings. The predicted molar refractivity (Wildman–Crippen MR) is 106 cm³/mol. The fourth-order valence-corrected chi connectivity index (χ4v) is 5.26. The Balaban J connectivity index is 1.53. The summed E-state index contributed by atoms with van der Waals surface area (Å²) >= 11 is 0. The molecular formula is C21H21FN2O4S. The number of hydrogen-bond acceptors (Lipinski definition) is 4. The number of carbonyl (C=O) groups is 1. The fraction of sp³-hybridized carbons (Fsp3) is 0.286. The van der Waals surface area contributed by atoms with Crippen molar-refractivity contribution in [1.29, 1.82) is 0 Å². The number of halogens is 1. The zero-order valence-electron chi connectivity index (χ0n) is 15.9. The number of rotatable bonds is 5. The lowest BCUT2D eigenvalue weighted by atomic mass is 10.1. The second kappa shape index (κ2) is 7.61. The van der Waals surface area contributed by atoms with Crippen LogP contribution in [0.5, 0.6) is 0 Å². The Labute approximate surface area is 168 Å². The van der Waals surface area contributed by atoms with E-state index >= 15 is 0 Å². The van der Waals surface area contributed by atoms with Crippen molar-refractivity contribution in [3.63, 3.8) is 0 Å². The zero-order chi connectivity index (χ0) is 20.6. The van der Waals surface area contributed by atoms with Gasteiger partial charge in [0.1, 0.15) is 17.4 Å². The molecule has 8 heteroatoms. The molecule has 2 heterocycles. The van der Waals surface area contributed by atoms with Crippen LogP contribution in [-0.4, -0.2) is 31.2 Å². The van der Waals surface area contributed by atoms with E-state index in [4.69, 9.17) is 4.42 Å². The average Bonchev–Trinajstić information content (AvgIpc) is 3.33. The highest BCUT2D eigenvalue weighted by Crippen LogP contribution is 2.30. The van der Waals surface area contributed by atoms with Gasteiger partial charge in [0, 0.05) is 24.5 Å². The number of benzene rings is 2. The second-order valence-electron chi connectivity index (χ2n) is 7.23. The van der Waals surface area contributed by atoms with E-state index in [9.17, 15) is 17.6 Å². The highest BCUT2D eigenvalue weighted by atomic mass is 32.2. The number of nitrogens with one attached hydrogen (secondary N) is 1. The summed E-state index contributed by atoms with van der Waals surface area (Å²) in [7, 11) is -4.01. The first kappa shape index (κ1) is 19.6.